The standard InChI is InChI=1S/C27H46N2O12/c1-24(30)5-8-34-10-12-36-14-16-38-18-20-40-22-23-41-21-19-39-17-15-37-13-11-35-9-6-28-25(31)4-7-29-26(32)2-3-27(29)33/h2-3H,4-23H2,1H3,(H,28,31). The van der Waals surface area contributed by atoms with E-state index in [0.717, 1.165) is 4.90 Å². The lowest BCUT2D eigenvalue weighted by molar-refractivity contribution is -0.137. The van der Waals surface area contributed by atoms with Crippen molar-refractivity contribution in [2.24, 2.45) is 0 Å². The number of ether oxygens (including phenoxy) is 8. The van der Waals surface area contributed by atoms with Gasteiger partial charge < -0.3 is 43.2 Å². The summed E-state index contributed by atoms with van der Waals surface area (Å²) in [5, 5.41) is 2.67. The maximum atomic E-state index is 11.8. The zero-order valence-electron chi connectivity index (χ0n) is 24.1. The Hall–Kier alpha value is -2.30. The van der Waals surface area contributed by atoms with Crippen LogP contribution in [0.5, 0.6) is 0 Å². The number of Topliss-reactive ketones (excluding diaryl/α,β-unsaturated/α-hetero) is 1. The average Bonchev–Trinajstić information content (AvgIpc) is 3.27. The molecule has 0 spiro atoms. The highest BCUT2D eigenvalue weighted by Gasteiger charge is 2.23. The molecule has 14 nitrogen and oxygen atoms in total. The predicted octanol–water partition coefficient (Wildman–Crippen LogP) is -0.470. The van der Waals surface area contributed by atoms with Crippen LogP contribution in [0.2, 0.25) is 0 Å². The smallest absolute Gasteiger partial charge is 0.253 e. The molecule has 1 N–H and O–H groups in total. The van der Waals surface area contributed by atoms with E-state index < -0.39 is 11.8 Å². The Morgan fingerprint density at radius 1 is 0.561 bits per heavy atom. The van der Waals surface area contributed by atoms with Crippen molar-refractivity contribution in [3.63, 3.8) is 0 Å². The molecule has 1 aliphatic rings. The monoisotopic (exact) mass is 590 g/mol. The Bertz CT molecular complexity index is 732. The Balaban J connectivity index is 1.68. The van der Waals surface area contributed by atoms with Crippen LogP contribution in [0.1, 0.15) is 19.8 Å². The molecule has 14 heteroatoms. The normalized spacial score (nSPS) is 13.0. The van der Waals surface area contributed by atoms with Gasteiger partial charge in [-0.25, -0.2) is 0 Å². The van der Waals surface area contributed by atoms with Crippen LogP contribution in [0, 0.1) is 0 Å². The Morgan fingerprint density at radius 2 is 0.902 bits per heavy atom. The molecule has 0 aliphatic carbocycles. The van der Waals surface area contributed by atoms with Crippen molar-refractivity contribution >= 4 is 23.5 Å². The second-order valence-electron chi connectivity index (χ2n) is 8.61. The molecule has 0 atom stereocenters. The van der Waals surface area contributed by atoms with E-state index >= 15 is 0 Å². The fraction of sp³-hybridized carbons (Fsp3) is 0.778. The fourth-order valence-electron chi connectivity index (χ4n) is 3.07. The van der Waals surface area contributed by atoms with Gasteiger partial charge in [-0.1, -0.05) is 0 Å². The van der Waals surface area contributed by atoms with E-state index in [1.165, 1.54) is 19.1 Å². The molecule has 0 aromatic rings. The van der Waals surface area contributed by atoms with Crippen LogP contribution in [0.3, 0.4) is 0 Å². The second-order valence-corrected chi connectivity index (χ2v) is 8.61. The number of carbonyl (C=O) groups excluding carboxylic acids is 4. The highest BCUT2D eigenvalue weighted by molar-refractivity contribution is 6.13. The summed E-state index contributed by atoms with van der Waals surface area (Å²) < 4.78 is 43.1. The van der Waals surface area contributed by atoms with Crippen LogP contribution in [0.25, 0.3) is 0 Å². The van der Waals surface area contributed by atoms with Crippen LogP contribution in [0.15, 0.2) is 12.2 Å². The molecule has 0 unspecified atom stereocenters. The minimum absolute atomic E-state index is 0.0533. The van der Waals surface area contributed by atoms with Crippen molar-refractivity contribution in [3.8, 4) is 0 Å². The number of carbonyl (C=O) groups is 4. The molecule has 0 bridgehead atoms. The van der Waals surface area contributed by atoms with Crippen molar-refractivity contribution in [2.75, 3.05) is 119 Å². The van der Waals surface area contributed by atoms with Gasteiger partial charge in [0.2, 0.25) is 5.91 Å². The molecule has 1 aliphatic heterocycles. The van der Waals surface area contributed by atoms with E-state index in [1.807, 2.05) is 0 Å². The van der Waals surface area contributed by atoms with Crippen LogP contribution >= 0.6 is 0 Å². The number of hydrogen-bond donors (Lipinski definition) is 1. The number of amides is 3. The van der Waals surface area contributed by atoms with Gasteiger partial charge in [-0.15, -0.1) is 0 Å². The molecule has 0 saturated carbocycles. The SMILES string of the molecule is CC(=O)CCOCCOCCOCCOCCOCCOCCOCCOCCNC(=O)CCN1C(=O)C=CC1=O. The average molecular weight is 591 g/mol. The van der Waals surface area contributed by atoms with Gasteiger partial charge in [0, 0.05) is 38.1 Å². The minimum Gasteiger partial charge on any atom is -0.379 e. The fourth-order valence-corrected chi connectivity index (χ4v) is 3.07. The first-order valence-corrected chi connectivity index (χ1v) is 13.9. The van der Waals surface area contributed by atoms with Gasteiger partial charge in [0.25, 0.3) is 11.8 Å². The first-order valence-electron chi connectivity index (χ1n) is 13.9. The quantitative estimate of drug-likeness (QED) is 0.0849. The third kappa shape index (κ3) is 23.0. The van der Waals surface area contributed by atoms with Crippen LogP contribution in [-0.4, -0.2) is 147 Å². The van der Waals surface area contributed by atoms with E-state index in [4.69, 9.17) is 37.9 Å². The summed E-state index contributed by atoms with van der Waals surface area (Å²) in [7, 11) is 0. The third-order valence-corrected chi connectivity index (χ3v) is 5.23. The highest BCUT2D eigenvalue weighted by atomic mass is 16.6. The van der Waals surface area contributed by atoms with Crippen molar-refractivity contribution < 1.29 is 57.1 Å². The maximum absolute atomic E-state index is 11.8. The molecule has 1 rings (SSSR count). The van der Waals surface area contributed by atoms with Crippen molar-refractivity contribution in [1.29, 1.82) is 0 Å². The van der Waals surface area contributed by atoms with Gasteiger partial charge in [-0.3, -0.25) is 24.1 Å². The Labute approximate surface area is 241 Å². The largest absolute Gasteiger partial charge is 0.379 e. The topological polar surface area (TPSA) is 157 Å². The van der Waals surface area contributed by atoms with E-state index in [2.05, 4.69) is 5.32 Å². The summed E-state index contributed by atoms with van der Waals surface area (Å²) in [5.74, 6) is -0.931. The van der Waals surface area contributed by atoms with Crippen LogP contribution < -0.4 is 5.32 Å². The van der Waals surface area contributed by atoms with Crippen molar-refractivity contribution in [3.05, 3.63) is 12.2 Å². The molecule has 0 aromatic heterocycles. The van der Waals surface area contributed by atoms with Gasteiger partial charge in [0.15, 0.2) is 0 Å². The van der Waals surface area contributed by atoms with Crippen LogP contribution in [0.4, 0.5) is 0 Å². The minimum atomic E-state index is -0.397. The summed E-state index contributed by atoms with van der Waals surface area (Å²) in [6.07, 6.45) is 2.87. The molecule has 0 aromatic carbocycles. The molecule has 41 heavy (non-hydrogen) atoms. The zero-order valence-corrected chi connectivity index (χ0v) is 24.1. The number of nitrogens with one attached hydrogen (secondary N) is 1. The maximum Gasteiger partial charge on any atom is 0.253 e. The summed E-state index contributed by atoms with van der Waals surface area (Å²) in [5.41, 5.74) is 0. The van der Waals surface area contributed by atoms with E-state index in [1.54, 1.807) is 0 Å². The molecule has 3 amide bonds. The first kappa shape index (κ1) is 36.7. The third-order valence-electron chi connectivity index (χ3n) is 5.23. The summed E-state index contributed by atoms with van der Waals surface area (Å²) in [6, 6.07) is 0. The van der Waals surface area contributed by atoms with Gasteiger partial charge in [0.1, 0.15) is 5.78 Å². The molecule has 236 valence electrons. The summed E-state index contributed by atoms with van der Waals surface area (Å²) >= 11 is 0. The van der Waals surface area contributed by atoms with Crippen molar-refractivity contribution in [1.82, 2.24) is 10.2 Å². The van der Waals surface area contributed by atoms with E-state index in [0.29, 0.717) is 119 Å². The Morgan fingerprint density at radius 3 is 1.27 bits per heavy atom. The zero-order chi connectivity index (χ0) is 29.8. The molecule has 0 radical (unpaired) electrons. The van der Waals surface area contributed by atoms with Gasteiger partial charge >= 0.3 is 0 Å². The Kier molecular flexibility index (Phi) is 23.8. The molecule has 1 heterocycles. The molecule has 0 saturated heterocycles. The number of ketones is 1. The van der Waals surface area contributed by atoms with Crippen molar-refractivity contribution in [2.45, 2.75) is 19.8 Å². The lowest BCUT2D eigenvalue weighted by Crippen LogP contribution is -2.35. The number of rotatable bonds is 30. The highest BCUT2D eigenvalue weighted by Crippen LogP contribution is 2.03. The van der Waals surface area contributed by atoms with Gasteiger partial charge in [-0.05, 0) is 6.92 Å². The second kappa shape index (κ2) is 26.6. The lowest BCUT2D eigenvalue weighted by Gasteiger charge is -2.13. The summed E-state index contributed by atoms with van der Waals surface area (Å²) in [6.45, 7) is 9.11. The van der Waals surface area contributed by atoms with Gasteiger partial charge in [-0.2, -0.15) is 0 Å². The van der Waals surface area contributed by atoms with E-state index in [-0.39, 0.29) is 24.7 Å². The van der Waals surface area contributed by atoms with E-state index in [9.17, 15) is 19.2 Å². The molecular formula is C27H46N2O12. The molecular weight excluding hydrogens is 544 g/mol. The van der Waals surface area contributed by atoms with Gasteiger partial charge in [0.05, 0.1) is 106 Å². The number of imide groups is 1. The van der Waals surface area contributed by atoms with Crippen LogP contribution in [-0.2, 0) is 57.1 Å². The summed E-state index contributed by atoms with van der Waals surface area (Å²) in [4.78, 5) is 46.4. The predicted molar refractivity (Wildman–Crippen MR) is 145 cm³/mol. The first-order chi connectivity index (χ1) is 20.0. The number of hydrogen-bond acceptors (Lipinski definition) is 12. The lowest BCUT2D eigenvalue weighted by atomic mass is 10.3. The number of nitrogens with zero attached hydrogens (tertiary/aromatic N) is 1. The molecule has 0 fully saturated rings.